The van der Waals surface area contributed by atoms with Crippen molar-refractivity contribution in [2.45, 2.75) is 51.9 Å². The van der Waals surface area contributed by atoms with E-state index >= 15 is 0 Å². The number of hydrogen-bond acceptors (Lipinski definition) is 7. The molecule has 1 amide bonds. The van der Waals surface area contributed by atoms with Gasteiger partial charge >= 0.3 is 0 Å². The number of para-hydroxylation sites is 1. The number of aromatic nitrogens is 3. The number of anilines is 1. The van der Waals surface area contributed by atoms with Gasteiger partial charge in [-0.25, -0.2) is 0 Å². The number of piperidine rings is 1. The lowest BCUT2D eigenvalue weighted by molar-refractivity contribution is -0.135. The number of morpholine rings is 1. The minimum absolute atomic E-state index is 0.156. The molecule has 1 spiro atoms. The molecule has 1 aromatic heterocycles. The van der Waals surface area contributed by atoms with Crippen molar-refractivity contribution in [3.63, 3.8) is 0 Å². The Morgan fingerprint density at radius 2 is 1.72 bits per heavy atom. The number of hydrogen-bond donors (Lipinski definition) is 1. The lowest BCUT2D eigenvalue weighted by atomic mass is 9.73. The maximum atomic E-state index is 13.7. The van der Waals surface area contributed by atoms with Gasteiger partial charge in [0.25, 0.3) is 0 Å². The molecule has 9 heteroatoms. The number of aryl methyl sites for hydroxylation is 1. The van der Waals surface area contributed by atoms with Crippen molar-refractivity contribution in [1.82, 2.24) is 25.2 Å². The quantitative estimate of drug-likeness (QED) is 0.556. The van der Waals surface area contributed by atoms with Crippen LogP contribution in [0.15, 0.2) is 54.7 Å². The molecule has 0 atom stereocenters. The molecule has 9 nitrogen and oxygen atoms in total. The Bertz CT molecular complexity index is 1250. The number of carbonyl (C=O) groups excluding carboxylic acids is 1. The number of likely N-dealkylation sites (tertiary alicyclic amines) is 1. The summed E-state index contributed by atoms with van der Waals surface area (Å²) in [5.41, 5.74) is 4.00. The molecule has 3 aromatic rings. The summed E-state index contributed by atoms with van der Waals surface area (Å²) < 4.78 is 13.4. The van der Waals surface area contributed by atoms with Crippen LogP contribution in [0, 0.1) is 5.41 Å². The van der Waals surface area contributed by atoms with Crippen molar-refractivity contribution in [1.29, 1.82) is 0 Å². The minimum Gasteiger partial charge on any atom is -0.487 e. The Balaban J connectivity index is 1.12. The van der Waals surface area contributed by atoms with Crippen LogP contribution in [0.4, 0.5) is 5.69 Å². The molecule has 0 radical (unpaired) electrons. The fourth-order valence-electron chi connectivity index (χ4n) is 6.02. The molecule has 4 heterocycles. The van der Waals surface area contributed by atoms with E-state index in [1.807, 2.05) is 35.1 Å². The molecule has 2 bridgehead atoms. The van der Waals surface area contributed by atoms with Gasteiger partial charge in [0.1, 0.15) is 18.1 Å². The first-order chi connectivity index (χ1) is 19.2. The number of ether oxygens (including phenoxy) is 2. The summed E-state index contributed by atoms with van der Waals surface area (Å²) >= 11 is 0. The maximum absolute atomic E-state index is 13.7. The first-order valence-electron chi connectivity index (χ1n) is 14.2. The average molecular weight is 531 g/mol. The Morgan fingerprint density at radius 1 is 0.923 bits per heavy atom. The van der Waals surface area contributed by atoms with Crippen LogP contribution >= 0.6 is 0 Å². The molecule has 3 aliphatic heterocycles. The van der Waals surface area contributed by atoms with E-state index in [0.717, 1.165) is 95.2 Å². The fourth-order valence-corrected chi connectivity index (χ4v) is 6.02. The van der Waals surface area contributed by atoms with Crippen LogP contribution in [0.2, 0.25) is 0 Å². The zero-order valence-corrected chi connectivity index (χ0v) is 22.6. The van der Waals surface area contributed by atoms with E-state index in [0.29, 0.717) is 13.2 Å². The van der Waals surface area contributed by atoms with Gasteiger partial charge in [-0.15, -0.1) is 5.10 Å². The molecule has 2 saturated heterocycles. The largest absolute Gasteiger partial charge is 0.487 e. The van der Waals surface area contributed by atoms with E-state index in [4.69, 9.17) is 9.47 Å². The second-order valence-electron chi connectivity index (χ2n) is 11.0. The third-order valence-corrected chi connectivity index (χ3v) is 8.43. The van der Waals surface area contributed by atoms with Gasteiger partial charge in [-0.1, -0.05) is 35.5 Å². The molecule has 3 aliphatic rings. The predicted molar refractivity (Wildman–Crippen MR) is 148 cm³/mol. The van der Waals surface area contributed by atoms with Crippen molar-refractivity contribution in [2.24, 2.45) is 5.41 Å². The minimum atomic E-state index is -0.375. The van der Waals surface area contributed by atoms with Crippen LogP contribution < -0.4 is 15.0 Å². The van der Waals surface area contributed by atoms with Crippen LogP contribution in [-0.2, 0) is 35.8 Å². The molecule has 2 fully saturated rings. The fraction of sp³-hybridized carbons (Fsp3) is 0.500. The number of nitrogens with zero attached hydrogens (tertiary/aromatic N) is 5. The molecule has 0 aliphatic carbocycles. The van der Waals surface area contributed by atoms with E-state index in [2.05, 4.69) is 49.7 Å². The summed E-state index contributed by atoms with van der Waals surface area (Å²) in [6, 6.07) is 16.8. The molecule has 0 saturated carbocycles. The molecule has 206 valence electrons. The number of amides is 1. The highest BCUT2D eigenvalue weighted by molar-refractivity contribution is 5.82. The standard InChI is InChI=1S/C30H38N6O3/c37-29-30(10-3-13-36-22-26(32-33-36)23-39-28-5-2-1-4-25(28)20-31-29)11-14-34(15-12-30)21-24-6-8-27(9-7-24)35-16-18-38-19-17-35/h1-2,4-9,22H,3,10-21,23H2,(H,31,37). The number of rotatable bonds is 3. The van der Waals surface area contributed by atoms with Gasteiger partial charge in [-0.2, -0.15) is 0 Å². The van der Waals surface area contributed by atoms with Crippen molar-refractivity contribution >= 4 is 11.6 Å². The molecule has 6 rings (SSSR count). The van der Waals surface area contributed by atoms with Gasteiger partial charge in [-0.05, 0) is 62.5 Å². The van der Waals surface area contributed by atoms with E-state index in [9.17, 15) is 4.79 Å². The number of benzene rings is 2. The number of nitrogens with one attached hydrogen (secondary N) is 1. The average Bonchev–Trinajstić information content (AvgIpc) is 3.44. The van der Waals surface area contributed by atoms with E-state index in [1.165, 1.54) is 11.3 Å². The molecule has 1 N–H and O–H groups in total. The van der Waals surface area contributed by atoms with E-state index in [-0.39, 0.29) is 11.3 Å². The van der Waals surface area contributed by atoms with Gasteiger partial charge in [0, 0.05) is 44.0 Å². The molecule has 39 heavy (non-hydrogen) atoms. The summed E-state index contributed by atoms with van der Waals surface area (Å²) in [6.45, 7) is 7.79. The van der Waals surface area contributed by atoms with Crippen molar-refractivity contribution < 1.29 is 14.3 Å². The van der Waals surface area contributed by atoms with Crippen molar-refractivity contribution in [3.8, 4) is 5.75 Å². The number of fused-ring (bicyclic) bond motifs is 3. The summed E-state index contributed by atoms with van der Waals surface area (Å²) in [5, 5.41) is 11.8. The first kappa shape index (κ1) is 25.8. The zero-order chi connectivity index (χ0) is 26.5. The number of carbonyl (C=O) groups is 1. The smallest absolute Gasteiger partial charge is 0.226 e. The summed E-state index contributed by atoms with van der Waals surface area (Å²) in [4.78, 5) is 18.6. The second-order valence-corrected chi connectivity index (χ2v) is 11.0. The van der Waals surface area contributed by atoms with Gasteiger partial charge < -0.3 is 19.7 Å². The van der Waals surface area contributed by atoms with Crippen molar-refractivity contribution in [3.05, 3.63) is 71.5 Å². The van der Waals surface area contributed by atoms with Crippen molar-refractivity contribution in [2.75, 3.05) is 44.3 Å². The summed E-state index contributed by atoms with van der Waals surface area (Å²) in [6.07, 6.45) is 5.38. The Morgan fingerprint density at radius 3 is 2.54 bits per heavy atom. The van der Waals surface area contributed by atoms with E-state index in [1.54, 1.807) is 0 Å². The van der Waals surface area contributed by atoms with Crippen LogP contribution in [0.3, 0.4) is 0 Å². The zero-order valence-electron chi connectivity index (χ0n) is 22.6. The molecular weight excluding hydrogens is 492 g/mol. The highest BCUT2D eigenvalue weighted by atomic mass is 16.5. The Hall–Kier alpha value is -3.43. The van der Waals surface area contributed by atoms with Crippen LogP contribution in [0.25, 0.3) is 0 Å². The normalized spacial score (nSPS) is 20.5. The predicted octanol–water partition coefficient (Wildman–Crippen LogP) is 3.39. The third kappa shape index (κ3) is 6.09. The first-order valence-corrected chi connectivity index (χ1v) is 14.2. The lowest BCUT2D eigenvalue weighted by Gasteiger charge is -2.41. The monoisotopic (exact) mass is 530 g/mol. The molecule has 2 aromatic carbocycles. The van der Waals surface area contributed by atoms with E-state index < -0.39 is 0 Å². The van der Waals surface area contributed by atoms with Crippen LogP contribution in [0.1, 0.15) is 42.5 Å². The van der Waals surface area contributed by atoms with Crippen LogP contribution in [0.5, 0.6) is 5.75 Å². The highest BCUT2D eigenvalue weighted by Gasteiger charge is 2.40. The van der Waals surface area contributed by atoms with Crippen LogP contribution in [-0.4, -0.2) is 65.2 Å². The van der Waals surface area contributed by atoms with Gasteiger partial charge in [-0.3, -0.25) is 14.4 Å². The summed E-state index contributed by atoms with van der Waals surface area (Å²) in [7, 11) is 0. The van der Waals surface area contributed by atoms with Gasteiger partial charge in [0.05, 0.1) is 24.8 Å². The van der Waals surface area contributed by atoms with Gasteiger partial charge in [0.2, 0.25) is 5.91 Å². The topological polar surface area (TPSA) is 84.7 Å². The van der Waals surface area contributed by atoms with Gasteiger partial charge in [0.15, 0.2) is 0 Å². The molecular formula is C30H38N6O3. The Kier molecular flexibility index (Phi) is 7.78. The SMILES string of the molecule is O=C1NCc2ccccc2OCc2cn(nn2)CCCC12CCN(Cc1ccc(N3CCOCC3)cc1)CC2. The third-order valence-electron chi connectivity index (χ3n) is 8.43. The maximum Gasteiger partial charge on any atom is 0.226 e. The highest BCUT2D eigenvalue weighted by Crippen LogP contribution is 2.37. The second kappa shape index (κ2) is 11.8. The molecule has 0 unspecified atom stereocenters. The Labute approximate surface area is 230 Å². The summed E-state index contributed by atoms with van der Waals surface area (Å²) in [5.74, 6) is 0.927. The lowest BCUT2D eigenvalue weighted by Crippen LogP contribution is -2.48.